The predicted octanol–water partition coefficient (Wildman–Crippen LogP) is 18.2. The molecule has 10 aromatic carbocycles. The lowest BCUT2D eigenvalue weighted by molar-refractivity contribution is 0.660. The third-order valence-electron chi connectivity index (χ3n) is 13.6. The van der Waals surface area contributed by atoms with Crippen molar-refractivity contribution < 1.29 is 0 Å². The average Bonchev–Trinajstić information content (AvgIpc) is 3.61. The van der Waals surface area contributed by atoms with Crippen LogP contribution in [0.25, 0.3) is 55.6 Å². The molecule has 0 saturated carbocycles. The molecule has 10 aromatic rings. The Kier molecular flexibility index (Phi) is 10.7. The number of aryl methyl sites for hydroxylation is 2. The second kappa shape index (κ2) is 17.3. The van der Waals surface area contributed by atoms with Crippen LogP contribution in [0.4, 0.5) is 34.1 Å². The van der Waals surface area contributed by atoms with Gasteiger partial charge in [-0.15, -0.1) is 0 Å². The highest BCUT2D eigenvalue weighted by molar-refractivity contribution is 5.88. The Hall–Kier alpha value is -8.20. The smallest absolute Gasteiger partial charge is 0.0467 e. The van der Waals surface area contributed by atoms with Crippen LogP contribution < -0.4 is 9.80 Å². The number of hydrogen-bond donors (Lipinski definition) is 0. The minimum atomic E-state index is -0.125. The van der Waals surface area contributed by atoms with E-state index in [0.717, 1.165) is 45.3 Å². The summed E-state index contributed by atoms with van der Waals surface area (Å²) >= 11 is 0. The molecule has 0 radical (unpaired) electrons. The van der Waals surface area contributed by atoms with Gasteiger partial charge in [0.25, 0.3) is 0 Å². The van der Waals surface area contributed by atoms with Gasteiger partial charge < -0.3 is 9.80 Å². The molecule has 0 fully saturated rings. The minimum Gasteiger partial charge on any atom is -0.310 e. The summed E-state index contributed by atoms with van der Waals surface area (Å²) in [5, 5.41) is 0. The van der Waals surface area contributed by atoms with Crippen LogP contribution in [-0.2, 0) is 5.41 Å². The lowest BCUT2D eigenvalue weighted by atomic mass is 9.82. The molecule has 322 valence electrons. The van der Waals surface area contributed by atoms with Gasteiger partial charge in [-0.2, -0.15) is 0 Å². The highest BCUT2D eigenvalue weighted by atomic mass is 15.1. The molecule has 0 heterocycles. The summed E-state index contributed by atoms with van der Waals surface area (Å²) in [5.74, 6) is 0. The fourth-order valence-corrected chi connectivity index (χ4v) is 9.91. The monoisotopic (exact) mass is 860 g/mol. The van der Waals surface area contributed by atoms with Gasteiger partial charge in [0.1, 0.15) is 0 Å². The van der Waals surface area contributed by atoms with E-state index in [9.17, 15) is 0 Å². The van der Waals surface area contributed by atoms with Crippen LogP contribution in [0.2, 0.25) is 0 Å². The molecule has 2 nitrogen and oxygen atoms in total. The van der Waals surface area contributed by atoms with Crippen LogP contribution in [-0.4, -0.2) is 0 Å². The van der Waals surface area contributed by atoms with Crippen LogP contribution in [0, 0.1) is 13.8 Å². The lowest BCUT2D eigenvalue weighted by Crippen LogP contribution is -2.16. The van der Waals surface area contributed by atoms with E-state index in [2.05, 4.69) is 280 Å². The van der Waals surface area contributed by atoms with Crippen molar-refractivity contribution in [3.63, 3.8) is 0 Å². The number of benzene rings is 10. The second-order valence-electron chi connectivity index (χ2n) is 18.4. The molecule has 11 rings (SSSR count). The molecule has 0 aromatic heterocycles. The Bertz CT molecular complexity index is 3350. The SMILES string of the molecule is Cc1ccc(-c2ccc(N(c3ccc(-c4ccccc4)cc3)c3cccc(-c4cccc(N(c5ccc(-c6ccc(C)cc6)cc5)c5ccc6c(c5)C(C)(C)c5ccccc5-6)c4)c3)cc2)cc1. The first-order chi connectivity index (χ1) is 32.8. The predicted molar refractivity (Wildman–Crippen MR) is 285 cm³/mol. The molecule has 1 aliphatic carbocycles. The zero-order valence-electron chi connectivity index (χ0n) is 38.5. The van der Waals surface area contributed by atoms with Crippen LogP contribution in [0.5, 0.6) is 0 Å². The van der Waals surface area contributed by atoms with Crippen molar-refractivity contribution in [3.05, 3.63) is 265 Å². The maximum Gasteiger partial charge on any atom is 0.0467 e. The number of anilines is 6. The van der Waals surface area contributed by atoms with Crippen molar-refractivity contribution in [1.29, 1.82) is 0 Å². The average molecular weight is 861 g/mol. The van der Waals surface area contributed by atoms with Crippen molar-refractivity contribution in [1.82, 2.24) is 0 Å². The van der Waals surface area contributed by atoms with Gasteiger partial charge in [0.05, 0.1) is 0 Å². The van der Waals surface area contributed by atoms with E-state index in [1.165, 1.54) is 66.8 Å². The highest BCUT2D eigenvalue weighted by Gasteiger charge is 2.35. The van der Waals surface area contributed by atoms with Gasteiger partial charge >= 0.3 is 0 Å². The van der Waals surface area contributed by atoms with E-state index in [1.807, 2.05) is 0 Å². The van der Waals surface area contributed by atoms with Gasteiger partial charge in [-0.1, -0.05) is 195 Å². The van der Waals surface area contributed by atoms with Gasteiger partial charge in [0.2, 0.25) is 0 Å². The third kappa shape index (κ3) is 8.02. The van der Waals surface area contributed by atoms with E-state index in [0.29, 0.717) is 0 Å². The molecule has 0 atom stereocenters. The molecular weight excluding hydrogens is 809 g/mol. The van der Waals surface area contributed by atoms with Gasteiger partial charge in [-0.05, 0) is 153 Å². The molecule has 1 aliphatic rings. The largest absolute Gasteiger partial charge is 0.310 e. The summed E-state index contributed by atoms with van der Waals surface area (Å²) < 4.78 is 0. The highest BCUT2D eigenvalue weighted by Crippen LogP contribution is 2.51. The third-order valence-corrected chi connectivity index (χ3v) is 13.6. The first kappa shape index (κ1) is 41.5. The zero-order valence-corrected chi connectivity index (χ0v) is 38.5. The van der Waals surface area contributed by atoms with Crippen molar-refractivity contribution in [2.45, 2.75) is 33.1 Å². The van der Waals surface area contributed by atoms with E-state index in [1.54, 1.807) is 0 Å². The van der Waals surface area contributed by atoms with E-state index >= 15 is 0 Å². The van der Waals surface area contributed by atoms with Crippen LogP contribution in [0.15, 0.2) is 243 Å². The molecule has 0 spiro atoms. The lowest BCUT2D eigenvalue weighted by Gasteiger charge is -2.29. The van der Waals surface area contributed by atoms with E-state index < -0.39 is 0 Å². The second-order valence-corrected chi connectivity index (χ2v) is 18.4. The van der Waals surface area contributed by atoms with E-state index in [-0.39, 0.29) is 5.41 Å². The Balaban J connectivity index is 0.994. The summed E-state index contributed by atoms with van der Waals surface area (Å²) in [5.41, 5.74) is 23.9. The zero-order chi connectivity index (χ0) is 45.5. The Morgan fingerprint density at radius 2 is 0.597 bits per heavy atom. The molecule has 67 heavy (non-hydrogen) atoms. The van der Waals surface area contributed by atoms with Crippen molar-refractivity contribution in [3.8, 4) is 55.6 Å². The molecule has 2 heteroatoms. The Morgan fingerprint density at radius 3 is 1.07 bits per heavy atom. The molecule has 0 N–H and O–H groups in total. The first-order valence-corrected chi connectivity index (χ1v) is 23.3. The van der Waals surface area contributed by atoms with Crippen LogP contribution in [0.3, 0.4) is 0 Å². The van der Waals surface area contributed by atoms with Gasteiger partial charge in [-0.3, -0.25) is 0 Å². The summed E-state index contributed by atoms with van der Waals surface area (Å²) in [6, 6.07) is 89.0. The van der Waals surface area contributed by atoms with Crippen molar-refractivity contribution >= 4 is 34.1 Å². The van der Waals surface area contributed by atoms with Crippen molar-refractivity contribution in [2.24, 2.45) is 0 Å². The normalized spacial score (nSPS) is 12.3. The fourth-order valence-electron chi connectivity index (χ4n) is 9.91. The molecule has 0 unspecified atom stereocenters. The summed E-state index contributed by atoms with van der Waals surface area (Å²) in [6.07, 6.45) is 0. The van der Waals surface area contributed by atoms with Gasteiger partial charge in [0.15, 0.2) is 0 Å². The Morgan fingerprint density at radius 1 is 0.254 bits per heavy atom. The maximum absolute atomic E-state index is 2.42. The number of fused-ring (bicyclic) bond motifs is 3. The molecular formula is C65H52N2. The number of hydrogen-bond acceptors (Lipinski definition) is 2. The number of rotatable bonds is 10. The summed E-state index contributed by atoms with van der Waals surface area (Å²) in [6.45, 7) is 8.98. The first-order valence-electron chi connectivity index (χ1n) is 23.3. The van der Waals surface area contributed by atoms with Crippen LogP contribution >= 0.6 is 0 Å². The maximum atomic E-state index is 2.42. The standard InChI is InChI=1S/C65H52N2/c1-45-20-24-48(25-21-45)51-30-36-56(37-31-51)66(55-34-28-50(29-35-55)47-12-6-5-7-13-47)58-16-10-14-53(42-58)54-15-11-17-59(43-54)67(57-38-32-52(33-39-57)49-26-22-46(2)23-27-49)60-40-41-62-61-18-8-9-19-63(61)65(3,4)64(62)44-60/h5-44H,1-4H3. The molecule has 0 bridgehead atoms. The van der Waals surface area contributed by atoms with Gasteiger partial charge in [0, 0.05) is 39.5 Å². The Labute approximate surface area is 395 Å². The van der Waals surface area contributed by atoms with Crippen molar-refractivity contribution in [2.75, 3.05) is 9.80 Å². The van der Waals surface area contributed by atoms with E-state index in [4.69, 9.17) is 0 Å². The molecule has 0 aliphatic heterocycles. The summed E-state index contributed by atoms with van der Waals surface area (Å²) in [4.78, 5) is 4.79. The summed E-state index contributed by atoms with van der Waals surface area (Å²) in [7, 11) is 0. The van der Waals surface area contributed by atoms with Gasteiger partial charge in [-0.25, -0.2) is 0 Å². The topological polar surface area (TPSA) is 6.48 Å². The van der Waals surface area contributed by atoms with Crippen LogP contribution in [0.1, 0.15) is 36.1 Å². The minimum absolute atomic E-state index is 0.125. The molecule has 0 amide bonds. The number of nitrogens with zero attached hydrogens (tertiary/aromatic N) is 2. The quantitative estimate of drug-likeness (QED) is 0.135. The fraction of sp³-hybridized carbons (Fsp3) is 0.0769. The molecule has 0 saturated heterocycles.